The van der Waals surface area contributed by atoms with Crippen molar-refractivity contribution >= 4 is 5.91 Å². The molecule has 0 bridgehead atoms. The minimum atomic E-state index is -0.480. The third-order valence-electron chi connectivity index (χ3n) is 2.60. The second-order valence-electron chi connectivity index (χ2n) is 3.98. The average Bonchev–Trinajstić information content (AvgIpc) is 2.81. The number of aromatic amines is 1. The van der Waals surface area contributed by atoms with Gasteiger partial charge in [-0.05, 0) is 12.1 Å². The molecule has 0 spiro atoms. The highest BCUT2D eigenvalue weighted by atomic mass is 16.3. The Labute approximate surface area is 109 Å². The molecule has 1 aromatic heterocycles. The number of nitrogens with one attached hydrogen (secondary N) is 1. The standard InChI is InChI=1S/C12H14N4O3/c1-15(7-8-17)11(18)10-13-12(19)16(14-10)9-5-3-2-4-6-9/h2-6,17H,7-8H2,1H3,(H,13,14,19). The van der Waals surface area contributed by atoms with Crippen LogP contribution >= 0.6 is 0 Å². The van der Waals surface area contributed by atoms with Crippen molar-refractivity contribution < 1.29 is 9.90 Å². The molecule has 0 fully saturated rings. The second kappa shape index (κ2) is 5.49. The maximum atomic E-state index is 11.9. The maximum absolute atomic E-state index is 11.9. The molecular formula is C12H14N4O3. The molecule has 0 unspecified atom stereocenters. The summed E-state index contributed by atoms with van der Waals surface area (Å²) in [7, 11) is 1.53. The van der Waals surface area contributed by atoms with E-state index in [4.69, 9.17) is 5.11 Å². The first-order valence-electron chi connectivity index (χ1n) is 5.74. The number of amides is 1. The Balaban J connectivity index is 2.32. The summed E-state index contributed by atoms with van der Waals surface area (Å²) >= 11 is 0. The van der Waals surface area contributed by atoms with E-state index < -0.39 is 11.6 Å². The normalized spacial score (nSPS) is 10.4. The van der Waals surface area contributed by atoms with Gasteiger partial charge in [-0.3, -0.25) is 9.78 Å². The van der Waals surface area contributed by atoms with Gasteiger partial charge in [-0.1, -0.05) is 18.2 Å². The molecule has 0 saturated heterocycles. The number of nitrogens with zero attached hydrogens (tertiary/aromatic N) is 3. The van der Waals surface area contributed by atoms with E-state index in [2.05, 4.69) is 10.1 Å². The summed E-state index contributed by atoms with van der Waals surface area (Å²) in [6, 6.07) is 8.80. The minimum Gasteiger partial charge on any atom is -0.395 e. The zero-order chi connectivity index (χ0) is 13.8. The van der Waals surface area contributed by atoms with Crippen molar-refractivity contribution in [3.05, 3.63) is 46.6 Å². The van der Waals surface area contributed by atoms with Gasteiger partial charge in [0.15, 0.2) is 0 Å². The van der Waals surface area contributed by atoms with Gasteiger partial charge in [0, 0.05) is 13.6 Å². The molecule has 0 radical (unpaired) electrons. The number of carbonyl (C=O) groups is 1. The van der Waals surface area contributed by atoms with Crippen LogP contribution in [0.2, 0.25) is 0 Å². The number of likely N-dealkylation sites (N-methyl/N-ethyl adjacent to an activating group) is 1. The number of aromatic nitrogens is 3. The van der Waals surface area contributed by atoms with E-state index in [1.165, 1.54) is 11.9 Å². The topological polar surface area (TPSA) is 91.2 Å². The zero-order valence-electron chi connectivity index (χ0n) is 10.4. The van der Waals surface area contributed by atoms with Crippen molar-refractivity contribution in [3.8, 4) is 5.69 Å². The summed E-state index contributed by atoms with van der Waals surface area (Å²) in [6.45, 7) is 0.0327. The predicted octanol–water partition coefficient (Wildman–Crippen LogP) is -0.375. The van der Waals surface area contributed by atoms with E-state index in [9.17, 15) is 9.59 Å². The van der Waals surface area contributed by atoms with Crippen LogP contribution in [0.3, 0.4) is 0 Å². The Bertz CT molecular complexity index is 617. The molecule has 2 N–H and O–H groups in total. The first-order valence-corrected chi connectivity index (χ1v) is 5.74. The van der Waals surface area contributed by atoms with Gasteiger partial charge in [0.2, 0.25) is 5.82 Å². The van der Waals surface area contributed by atoms with Crippen LogP contribution in [0.5, 0.6) is 0 Å². The summed E-state index contributed by atoms with van der Waals surface area (Å²) in [5, 5.41) is 12.7. The zero-order valence-corrected chi connectivity index (χ0v) is 10.4. The van der Waals surface area contributed by atoms with Crippen LogP contribution < -0.4 is 5.69 Å². The Kier molecular flexibility index (Phi) is 3.76. The van der Waals surface area contributed by atoms with Crippen LogP contribution in [0, 0.1) is 0 Å². The molecule has 0 aliphatic rings. The molecule has 100 valence electrons. The van der Waals surface area contributed by atoms with E-state index >= 15 is 0 Å². The molecule has 2 rings (SSSR count). The van der Waals surface area contributed by atoms with E-state index in [1.807, 2.05) is 6.07 Å². The van der Waals surface area contributed by atoms with Gasteiger partial charge in [0.25, 0.3) is 5.91 Å². The van der Waals surface area contributed by atoms with E-state index in [0.29, 0.717) is 5.69 Å². The first-order chi connectivity index (χ1) is 9.13. The Hall–Kier alpha value is -2.41. The lowest BCUT2D eigenvalue weighted by Gasteiger charge is -2.12. The highest BCUT2D eigenvalue weighted by Gasteiger charge is 2.17. The lowest BCUT2D eigenvalue weighted by Crippen LogP contribution is -2.30. The molecule has 0 saturated carbocycles. The maximum Gasteiger partial charge on any atom is 0.348 e. The van der Waals surface area contributed by atoms with E-state index in [0.717, 1.165) is 4.68 Å². The molecular weight excluding hydrogens is 248 g/mol. The highest BCUT2D eigenvalue weighted by Crippen LogP contribution is 2.03. The first kappa shape index (κ1) is 13.0. The van der Waals surface area contributed by atoms with Crippen molar-refractivity contribution in [2.75, 3.05) is 20.2 Å². The van der Waals surface area contributed by atoms with Crippen LogP contribution in [0.25, 0.3) is 5.69 Å². The van der Waals surface area contributed by atoms with Crippen LogP contribution in [-0.4, -0.2) is 50.9 Å². The number of H-pyrrole nitrogens is 1. The van der Waals surface area contributed by atoms with Gasteiger partial charge in [0.05, 0.1) is 12.3 Å². The molecule has 19 heavy (non-hydrogen) atoms. The summed E-state index contributed by atoms with van der Waals surface area (Å²) in [6.07, 6.45) is 0. The van der Waals surface area contributed by atoms with Crippen molar-refractivity contribution in [2.45, 2.75) is 0 Å². The van der Waals surface area contributed by atoms with Gasteiger partial charge < -0.3 is 10.0 Å². The number of carbonyl (C=O) groups excluding carboxylic acids is 1. The highest BCUT2D eigenvalue weighted by molar-refractivity contribution is 5.90. The lowest BCUT2D eigenvalue weighted by atomic mass is 10.3. The van der Waals surface area contributed by atoms with Crippen LogP contribution in [0.4, 0.5) is 0 Å². The molecule has 0 aliphatic carbocycles. The van der Waals surface area contributed by atoms with Crippen molar-refractivity contribution in [1.29, 1.82) is 0 Å². The number of rotatable bonds is 4. The molecule has 1 heterocycles. The molecule has 1 amide bonds. The van der Waals surface area contributed by atoms with Gasteiger partial charge in [-0.2, -0.15) is 4.68 Å². The second-order valence-corrected chi connectivity index (χ2v) is 3.98. The number of hydrogen-bond acceptors (Lipinski definition) is 4. The fourth-order valence-electron chi connectivity index (χ4n) is 1.60. The van der Waals surface area contributed by atoms with Crippen molar-refractivity contribution in [2.24, 2.45) is 0 Å². The minimum absolute atomic E-state index is 0.0511. The molecule has 7 nitrogen and oxygen atoms in total. The number of hydrogen-bond donors (Lipinski definition) is 2. The van der Waals surface area contributed by atoms with E-state index in [1.54, 1.807) is 24.3 Å². The third-order valence-corrected chi connectivity index (χ3v) is 2.60. The largest absolute Gasteiger partial charge is 0.395 e. The summed E-state index contributed by atoms with van der Waals surface area (Å²) in [4.78, 5) is 27.3. The third kappa shape index (κ3) is 2.71. The summed E-state index contributed by atoms with van der Waals surface area (Å²) < 4.78 is 1.13. The fourth-order valence-corrected chi connectivity index (χ4v) is 1.60. The van der Waals surface area contributed by atoms with Gasteiger partial charge in [-0.15, -0.1) is 5.10 Å². The molecule has 7 heteroatoms. The van der Waals surface area contributed by atoms with Crippen LogP contribution in [0.15, 0.2) is 35.1 Å². The molecule has 2 aromatic rings. The molecule has 1 aromatic carbocycles. The summed E-state index contributed by atoms with van der Waals surface area (Å²) in [5.74, 6) is -0.495. The van der Waals surface area contributed by atoms with Gasteiger partial charge in [-0.25, -0.2) is 4.79 Å². The number of aliphatic hydroxyl groups is 1. The molecule has 0 aliphatic heterocycles. The smallest absolute Gasteiger partial charge is 0.348 e. The monoisotopic (exact) mass is 262 g/mol. The van der Waals surface area contributed by atoms with Gasteiger partial charge >= 0.3 is 5.69 Å². The predicted molar refractivity (Wildman–Crippen MR) is 68.2 cm³/mol. The number of benzene rings is 1. The Morgan fingerprint density at radius 1 is 1.42 bits per heavy atom. The average molecular weight is 262 g/mol. The lowest BCUT2D eigenvalue weighted by molar-refractivity contribution is 0.0755. The van der Waals surface area contributed by atoms with Crippen LogP contribution in [-0.2, 0) is 0 Å². The fraction of sp³-hybridized carbons (Fsp3) is 0.250. The van der Waals surface area contributed by atoms with Crippen LogP contribution in [0.1, 0.15) is 10.6 Å². The number of aliphatic hydroxyl groups excluding tert-OH is 1. The summed E-state index contributed by atoms with van der Waals surface area (Å²) in [5.41, 5.74) is 0.0968. The quantitative estimate of drug-likeness (QED) is 0.786. The SMILES string of the molecule is CN(CCO)C(=O)c1nn(-c2ccccc2)c(=O)[nH]1. The van der Waals surface area contributed by atoms with Crippen molar-refractivity contribution in [3.63, 3.8) is 0 Å². The Morgan fingerprint density at radius 3 is 2.74 bits per heavy atom. The Morgan fingerprint density at radius 2 is 2.11 bits per heavy atom. The van der Waals surface area contributed by atoms with Crippen molar-refractivity contribution in [1.82, 2.24) is 19.7 Å². The van der Waals surface area contributed by atoms with E-state index in [-0.39, 0.29) is 19.0 Å². The number of para-hydroxylation sites is 1. The van der Waals surface area contributed by atoms with Gasteiger partial charge in [0.1, 0.15) is 0 Å². The molecule has 0 atom stereocenters.